The molecule has 0 unspecified atom stereocenters. The molecule has 2 aromatic carbocycles. The third kappa shape index (κ3) is 5.52. The van der Waals surface area contributed by atoms with E-state index < -0.39 is 0 Å². The van der Waals surface area contributed by atoms with Crippen LogP contribution >= 0.6 is 24.0 Å². The third-order valence-corrected chi connectivity index (χ3v) is 4.30. The highest BCUT2D eigenvalue weighted by molar-refractivity contribution is 14.0. The zero-order valence-electron chi connectivity index (χ0n) is 15.2. The summed E-state index contributed by atoms with van der Waals surface area (Å²) in [6, 6.07) is 14.5. The van der Waals surface area contributed by atoms with E-state index in [2.05, 4.69) is 33.8 Å². The molecule has 3 rings (SSSR count). The Morgan fingerprint density at radius 2 is 1.88 bits per heavy atom. The van der Waals surface area contributed by atoms with Crippen molar-refractivity contribution in [3.63, 3.8) is 0 Å². The normalized spacial score (nSPS) is 12.6. The minimum atomic E-state index is 0. The fraction of sp³-hybridized carbons (Fsp3) is 0.350. The summed E-state index contributed by atoms with van der Waals surface area (Å²) in [6.45, 7) is 2.36. The number of halogens is 1. The van der Waals surface area contributed by atoms with E-state index in [1.165, 1.54) is 16.7 Å². The molecule has 0 radical (unpaired) electrons. The quantitative estimate of drug-likeness (QED) is 0.390. The van der Waals surface area contributed by atoms with Crippen LogP contribution in [0.25, 0.3) is 0 Å². The average Bonchev–Trinajstić information content (AvgIpc) is 3.12. The number of fused-ring (bicyclic) bond motifs is 1. The van der Waals surface area contributed by atoms with Gasteiger partial charge in [-0.15, -0.1) is 24.0 Å². The molecule has 0 fully saturated rings. The number of benzene rings is 2. The first-order valence-electron chi connectivity index (χ1n) is 8.60. The van der Waals surface area contributed by atoms with Gasteiger partial charge in [-0.25, -0.2) is 0 Å². The van der Waals surface area contributed by atoms with Gasteiger partial charge in [0, 0.05) is 26.6 Å². The Bertz CT molecular complexity index is 732. The molecule has 5 nitrogen and oxygen atoms in total. The van der Waals surface area contributed by atoms with Gasteiger partial charge in [0.1, 0.15) is 11.5 Å². The molecule has 0 saturated carbocycles. The second kappa shape index (κ2) is 10.3. The lowest BCUT2D eigenvalue weighted by molar-refractivity contribution is 0.357. The van der Waals surface area contributed by atoms with Crippen molar-refractivity contribution in [2.24, 2.45) is 4.99 Å². The van der Waals surface area contributed by atoms with Gasteiger partial charge in [0.15, 0.2) is 5.96 Å². The number of nitrogens with zero attached hydrogens (tertiary/aromatic N) is 1. The Morgan fingerprint density at radius 3 is 2.62 bits per heavy atom. The fourth-order valence-corrected chi connectivity index (χ4v) is 2.87. The minimum absolute atomic E-state index is 0. The molecule has 26 heavy (non-hydrogen) atoms. The lowest BCUT2D eigenvalue weighted by Gasteiger charge is -2.12. The highest BCUT2D eigenvalue weighted by atomic mass is 127. The van der Waals surface area contributed by atoms with Crippen LogP contribution in [0.3, 0.4) is 0 Å². The van der Waals surface area contributed by atoms with Crippen molar-refractivity contribution in [3.05, 3.63) is 59.2 Å². The van der Waals surface area contributed by atoms with Crippen LogP contribution < -0.4 is 20.1 Å². The first kappa shape index (κ1) is 20.4. The summed E-state index contributed by atoms with van der Waals surface area (Å²) in [6.07, 6.45) is 1.97. The predicted octanol–water partition coefficient (Wildman–Crippen LogP) is 3.16. The van der Waals surface area contributed by atoms with Crippen LogP contribution in [0.1, 0.15) is 16.7 Å². The number of hydrogen-bond acceptors (Lipinski definition) is 3. The molecule has 140 valence electrons. The molecule has 2 N–H and O–H groups in total. The number of ether oxygens (including phenoxy) is 2. The van der Waals surface area contributed by atoms with E-state index in [9.17, 15) is 0 Å². The van der Waals surface area contributed by atoms with Crippen molar-refractivity contribution in [2.75, 3.05) is 27.3 Å². The van der Waals surface area contributed by atoms with Crippen molar-refractivity contribution in [2.45, 2.75) is 19.4 Å². The zero-order chi connectivity index (χ0) is 17.5. The maximum Gasteiger partial charge on any atom is 0.191 e. The maximum absolute atomic E-state index is 5.55. The van der Waals surface area contributed by atoms with Crippen LogP contribution in [-0.4, -0.2) is 33.3 Å². The summed E-state index contributed by atoms with van der Waals surface area (Å²) in [4.78, 5) is 4.28. The van der Waals surface area contributed by atoms with Gasteiger partial charge >= 0.3 is 0 Å². The summed E-state index contributed by atoms with van der Waals surface area (Å²) < 4.78 is 10.7. The standard InChI is InChI=1S/C20H25N3O2.HI/c1-21-20(23-14-16-3-6-18(24-2)7-4-16)22-11-9-15-5-8-19-17(13-15)10-12-25-19;/h3-8,13H,9-12,14H2,1-2H3,(H2,21,22,23);1H. The number of guanidine groups is 1. The number of rotatable bonds is 6. The molecular weight excluding hydrogens is 441 g/mol. The molecule has 2 aromatic rings. The highest BCUT2D eigenvalue weighted by Crippen LogP contribution is 2.25. The first-order chi connectivity index (χ1) is 12.3. The monoisotopic (exact) mass is 467 g/mol. The Labute approximate surface area is 172 Å². The molecule has 0 aromatic heterocycles. The van der Waals surface area contributed by atoms with Crippen LogP contribution in [0, 0.1) is 0 Å². The van der Waals surface area contributed by atoms with E-state index in [1.807, 2.05) is 24.3 Å². The molecule has 1 heterocycles. The molecule has 0 saturated heterocycles. The summed E-state index contributed by atoms with van der Waals surface area (Å²) in [5.41, 5.74) is 3.82. The third-order valence-electron chi connectivity index (χ3n) is 4.30. The number of hydrogen-bond donors (Lipinski definition) is 2. The molecule has 0 atom stereocenters. The van der Waals surface area contributed by atoms with E-state index in [-0.39, 0.29) is 24.0 Å². The van der Waals surface area contributed by atoms with Gasteiger partial charge in [-0.3, -0.25) is 4.99 Å². The number of aliphatic imine (C=N–C) groups is 1. The first-order valence-corrected chi connectivity index (χ1v) is 8.60. The minimum Gasteiger partial charge on any atom is -0.497 e. The van der Waals surface area contributed by atoms with Crippen LogP contribution in [0.5, 0.6) is 11.5 Å². The number of nitrogens with one attached hydrogen (secondary N) is 2. The summed E-state index contributed by atoms with van der Waals surface area (Å²) in [7, 11) is 3.46. The lowest BCUT2D eigenvalue weighted by atomic mass is 10.1. The Hall–Kier alpha value is -1.96. The maximum atomic E-state index is 5.55. The summed E-state index contributed by atoms with van der Waals surface area (Å²) in [5.74, 6) is 2.71. The molecule has 0 bridgehead atoms. The lowest BCUT2D eigenvalue weighted by Crippen LogP contribution is -2.37. The molecule has 0 amide bonds. The van der Waals surface area contributed by atoms with E-state index in [0.717, 1.165) is 50.0 Å². The second-order valence-corrected chi connectivity index (χ2v) is 5.99. The van der Waals surface area contributed by atoms with Crippen LogP contribution in [0.2, 0.25) is 0 Å². The highest BCUT2D eigenvalue weighted by Gasteiger charge is 2.11. The van der Waals surface area contributed by atoms with Crippen molar-refractivity contribution in [3.8, 4) is 11.5 Å². The molecule has 0 spiro atoms. The largest absolute Gasteiger partial charge is 0.497 e. The average molecular weight is 467 g/mol. The molecule has 0 aliphatic carbocycles. The fourth-order valence-electron chi connectivity index (χ4n) is 2.87. The topological polar surface area (TPSA) is 54.9 Å². The summed E-state index contributed by atoms with van der Waals surface area (Å²) >= 11 is 0. The molecule has 1 aliphatic heterocycles. The van der Waals surface area contributed by atoms with Crippen LogP contribution in [0.4, 0.5) is 0 Å². The van der Waals surface area contributed by atoms with Crippen LogP contribution in [0.15, 0.2) is 47.5 Å². The van der Waals surface area contributed by atoms with Gasteiger partial charge in [0.2, 0.25) is 0 Å². The van der Waals surface area contributed by atoms with Crippen molar-refractivity contribution in [1.29, 1.82) is 0 Å². The van der Waals surface area contributed by atoms with Gasteiger partial charge in [0.25, 0.3) is 0 Å². The van der Waals surface area contributed by atoms with Gasteiger partial charge in [-0.2, -0.15) is 0 Å². The smallest absolute Gasteiger partial charge is 0.191 e. The second-order valence-electron chi connectivity index (χ2n) is 5.99. The van der Waals surface area contributed by atoms with Crippen molar-refractivity contribution in [1.82, 2.24) is 10.6 Å². The van der Waals surface area contributed by atoms with E-state index in [4.69, 9.17) is 9.47 Å². The molecule has 6 heteroatoms. The molecule has 1 aliphatic rings. The Balaban J connectivity index is 0.00000243. The SMILES string of the molecule is CN=C(NCCc1ccc2c(c1)CCO2)NCc1ccc(OC)cc1.I. The van der Waals surface area contributed by atoms with E-state index in [1.54, 1.807) is 14.2 Å². The predicted molar refractivity (Wildman–Crippen MR) is 116 cm³/mol. The molecular formula is C20H26IN3O2. The summed E-state index contributed by atoms with van der Waals surface area (Å²) in [5, 5.41) is 6.69. The van der Waals surface area contributed by atoms with Crippen molar-refractivity contribution < 1.29 is 9.47 Å². The van der Waals surface area contributed by atoms with E-state index in [0.29, 0.717) is 0 Å². The van der Waals surface area contributed by atoms with Gasteiger partial charge in [-0.1, -0.05) is 24.3 Å². The van der Waals surface area contributed by atoms with Gasteiger partial charge in [-0.05, 0) is 41.3 Å². The van der Waals surface area contributed by atoms with Gasteiger partial charge in [0.05, 0.1) is 13.7 Å². The number of methoxy groups -OCH3 is 1. The van der Waals surface area contributed by atoms with E-state index >= 15 is 0 Å². The van der Waals surface area contributed by atoms with Crippen molar-refractivity contribution >= 4 is 29.9 Å². The van der Waals surface area contributed by atoms with Gasteiger partial charge < -0.3 is 20.1 Å². The Kier molecular flexibility index (Phi) is 8.03. The zero-order valence-corrected chi connectivity index (χ0v) is 17.6. The Morgan fingerprint density at radius 1 is 1.12 bits per heavy atom. The van der Waals surface area contributed by atoms with Crippen LogP contribution in [-0.2, 0) is 19.4 Å².